The summed E-state index contributed by atoms with van der Waals surface area (Å²) in [6.07, 6.45) is 0.829. The number of anilines is 1. The van der Waals surface area contributed by atoms with Crippen molar-refractivity contribution in [2.24, 2.45) is 11.8 Å². The molecule has 110 valence electrons. The van der Waals surface area contributed by atoms with Crippen LogP contribution in [-0.2, 0) is 14.3 Å². The molecule has 2 atom stereocenters. The summed E-state index contributed by atoms with van der Waals surface area (Å²) in [5.74, 6) is -0.0707. The van der Waals surface area contributed by atoms with Crippen LogP contribution in [-0.4, -0.2) is 30.9 Å². The van der Waals surface area contributed by atoms with Gasteiger partial charge in [0.05, 0.1) is 11.6 Å². The third kappa shape index (κ3) is 2.89. The van der Waals surface area contributed by atoms with Gasteiger partial charge in [-0.2, -0.15) is 0 Å². The van der Waals surface area contributed by atoms with Gasteiger partial charge in [-0.1, -0.05) is 6.92 Å². The number of carbonyl (C=O) groups is 3. The van der Waals surface area contributed by atoms with Gasteiger partial charge in [-0.3, -0.25) is 14.4 Å². The molecule has 3 rings (SSSR count). The van der Waals surface area contributed by atoms with E-state index in [0.717, 1.165) is 6.42 Å². The summed E-state index contributed by atoms with van der Waals surface area (Å²) in [7, 11) is 0. The highest BCUT2D eigenvalue weighted by atomic mass is 16.5. The molecule has 2 aliphatic rings. The molecule has 1 saturated carbocycles. The van der Waals surface area contributed by atoms with Crippen molar-refractivity contribution in [3.8, 4) is 5.75 Å². The van der Waals surface area contributed by atoms with Gasteiger partial charge in [0.2, 0.25) is 0 Å². The van der Waals surface area contributed by atoms with Gasteiger partial charge in [-0.05, 0) is 30.5 Å². The first kappa shape index (κ1) is 13.6. The Kier molecular flexibility index (Phi) is 3.37. The molecule has 1 amide bonds. The molecule has 1 N–H and O–H groups in total. The van der Waals surface area contributed by atoms with Gasteiger partial charge in [-0.25, -0.2) is 0 Å². The zero-order valence-electron chi connectivity index (χ0n) is 11.5. The van der Waals surface area contributed by atoms with Crippen LogP contribution in [0.25, 0.3) is 0 Å². The molecular formula is C15H15NO5. The van der Waals surface area contributed by atoms with Crippen LogP contribution in [0.2, 0.25) is 0 Å². The standard InChI is InChI=1S/C15H15NO5/c1-8-4-10(8)15(19)21-6-12(17)9-2-3-13-11(5-9)16-14(18)7-20-13/h2-3,5,8,10H,4,6-7H2,1H3,(H,16,18)/t8-,10-/m0/s1. The predicted octanol–water partition coefficient (Wildman–Crippen LogP) is 1.40. The highest BCUT2D eigenvalue weighted by molar-refractivity contribution is 6.01. The topological polar surface area (TPSA) is 81.7 Å². The van der Waals surface area contributed by atoms with Gasteiger partial charge >= 0.3 is 5.97 Å². The lowest BCUT2D eigenvalue weighted by Crippen LogP contribution is -2.25. The zero-order valence-corrected chi connectivity index (χ0v) is 11.5. The van der Waals surface area contributed by atoms with Crippen molar-refractivity contribution in [1.29, 1.82) is 0 Å². The SMILES string of the molecule is C[C@H]1C[C@@H]1C(=O)OCC(=O)c1ccc2c(c1)NC(=O)CO2. The molecule has 6 heteroatoms. The fourth-order valence-corrected chi connectivity index (χ4v) is 2.23. The van der Waals surface area contributed by atoms with E-state index in [1.807, 2.05) is 6.92 Å². The van der Waals surface area contributed by atoms with E-state index < -0.39 is 0 Å². The van der Waals surface area contributed by atoms with Gasteiger partial charge in [-0.15, -0.1) is 0 Å². The molecule has 1 aromatic rings. The molecule has 1 fully saturated rings. The van der Waals surface area contributed by atoms with Gasteiger partial charge in [0.25, 0.3) is 5.91 Å². The minimum atomic E-state index is -0.314. The number of rotatable bonds is 4. The number of esters is 1. The largest absolute Gasteiger partial charge is 0.482 e. The predicted molar refractivity (Wildman–Crippen MR) is 73.1 cm³/mol. The number of nitrogens with one attached hydrogen (secondary N) is 1. The van der Waals surface area contributed by atoms with Crippen LogP contribution >= 0.6 is 0 Å². The van der Waals surface area contributed by atoms with E-state index >= 15 is 0 Å². The van der Waals surface area contributed by atoms with E-state index in [9.17, 15) is 14.4 Å². The van der Waals surface area contributed by atoms with E-state index in [4.69, 9.17) is 9.47 Å². The van der Waals surface area contributed by atoms with E-state index in [1.165, 1.54) is 6.07 Å². The number of carbonyl (C=O) groups excluding carboxylic acids is 3. The third-order valence-corrected chi connectivity index (χ3v) is 3.69. The van der Waals surface area contributed by atoms with Crippen molar-refractivity contribution in [3.63, 3.8) is 0 Å². The Morgan fingerprint density at radius 3 is 2.90 bits per heavy atom. The molecule has 21 heavy (non-hydrogen) atoms. The maximum Gasteiger partial charge on any atom is 0.309 e. The number of ether oxygens (including phenoxy) is 2. The van der Waals surface area contributed by atoms with Gasteiger partial charge in [0.1, 0.15) is 5.75 Å². The summed E-state index contributed by atoms with van der Waals surface area (Å²) >= 11 is 0. The number of hydrogen-bond donors (Lipinski definition) is 1. The van der Waals surface area contributed by atoms with Crippen LogP contribution in [0.1, 0.15) is 23.7 Å². The molecule has 1 aliphatic carbocycles. The second-order valence-corrected chi connectivity index (χ2v) is 5.40. The highest BCUT2D eigenvalue weighted by Gasteiger charge is 2.40. The van der Waals surface area contributed by atoms with Crippen molar-refractivity contribution in [2.75, 3.05) is 18.5 Å². The monoisotopic (exact) mass is 289 g/mol. The Morgan fingerprint density at radius 1 is 1.43 bits per heavy atom. The van der Waals surface area contributed by atoms with Gasteiger partial charge in [0, 0.05) is 5.56 Å². The first-order chi connectivity index (χ1) is 10.0. The average molecular weight is 289 g/mol. The molecule has 6 nitrogen and oxygen atoms in total. The molecule has 0 radical (unpaired) electrons. The van der Waals surface area contributed by atoms with Crippen molar-refractivity contribution in [2.45, 2.75) is 13.3 Å². The Labute approximate surface area is 121 Å². The number of hydrogen-bond acceptors (Lipinski definition) is 5. The quantitative estimate of drug-likeness (QED) is 0.669. The second kappa shape index (κ2) is 5.20. The van der Waals surface area contributed by atoms with Crippen molar-refractivity contribution in [3.05, 3.63) is 23.8 Å². The highest BCUT2D eigenvalue weighted by Crippen LogP contribution is 2.38. The van der Waals surface area contributed by atoms with Crippen LogP contribution < -0.4 is 10.1 Å². The average Bonchev–Trinajstić information content (AvgIpc) is 3.20. The normalized spacial score (nSPS) is 22.6. The Hall–Kier alpha value is -2.37. The molecule has 1 aromatic carbocycles. The van der Waals surface area contributed by atoms with Crippen molar-refractivity contribution < 1.29 is 23.9 Å². The second-order valence-electron chi connectivity index (χ2n) is 5.40. The van der Waals surface area contributed by atoms with Crippen molar-refractivity contribution in [1.82, 2.24) is 0 Å². The Bertz CT molecular complexity index is 624. The fraction of sp³-hybridized carbons (Fsp3) is 0.400. The van der Waals surface area contributed by atoms with Crippen LogP contribution in [0.4, 0.5) is 5.69 Å². The maximum absolute atomic E-state index is 12.0. The summed E-state index contributed by atoms with van der Waals surface area (Å²) < 4.78 is 10.2. The summed E-state index contributed by atoms with van der Waals surface area (Å²) in [6.45, 7) is 1.66. The van der Waals surface area contributed by atoms with Crippen LogP contribution in [0.5, 0.6) is 5.75 Å². The lowest BCUT2D eigenvalue weighted by atomic mass is 10.1. The van der Waals surface area contributed by atoms with E-state index in [-0.39, 0.29) is 36.8 Å². The number of Topliss-reactive ketones (excluding diaryl/α,β-unsaturated/α-hetero) is 1. The smallest absolute Gasteiger partial charge is 0.309 e. The van der Waals surface area contributed by atoms with E-state index in [0.29, 0.717) is 22.9 Å². The first-order valence-electron chi connectivity index (χ1n) is 6.81. The summed E-state index contributed by atoms with van der Waals surface area (Å²) in [5, 5.41) is 2.63. The molecule has 0 saturated heterocycles. The Balaban J connectivity index is 1.63. The minimum Gasteiger partial charge on any atom is -0.482 e. The van der Waals surface area contributed by atoms with E-state index in [1.54, 1.807) is 12.1 Å². The van der Waals surface area contributed by atoms with Crippen LogP contribution in [0, 0.1) is 11.8 Å². The number of ketones is 1. The summed E-state index contributed by atoms with van der Waals surface area (Å²) in [6, 6.07) is 4.74. The number of benzene rings is 1. The lowest BCUT2D eigenvalue weighted by Gasteiger charge is -2.18. The maximum atomic E-state index is 12.0. The van der Waals surface area contributed by atoms with Crippen molar-refractivity contribution >= 4 is 23.3 Å². The number of amides is 1. The molecular weight excluding hydrogens is 274 g/mol. The molecule has 0 spiro atoms. The lowest BCUT2D eigenvalue weighted by molar-refractivity contribution is -0.144. The Morgan fingerprint density at radius 2 is 2.19 bits per heavy atom. The molecule has 0 unspecified atom stereocenters. The van der Waals surface area contributed by atoms with Crippen LogP contribution in [0.15, 0.2) is 18.2 Å². The molecule has 0 aromatic heterocycles. The fourth-order valence-electron chi connectivity index (χ4n) is 2.23. The molecule has 1 aliphatic heterocycles. The summed E-state index contributed by atoms with van der Waals surface area (Å²) in [4.78, 5) is 34.8. The molecule has 1 heterocycles. The van der Waals surface area contributed by atoms with Crippen LogP contribution in [0.3, 0.4) is 0 Å². The number of fused-ring (bicyclic) bond motifs is 1. The van der Waals surface area contributed by atoms with E-state index in [2.05, 4.69) is 5.32 Å². The van der Waals surface area contributed by atoms with Gasteiger partial charge < -0.3 is 14.8 Å². The summed E-state index contributed by atoms with van der Waals surface area (Å²) in [5.41, 5.74) is 0.829. The molecule has 0 bridgehead atoms. The zero-order chi connectivity index (χ0) is 15.0. The van der Waals surface area contributed by atoms with Gasteiger partial charge in [0.15, 0.2) is 19.0 Å². The first-order valence-corrected chi connectivity index (χ1v) is 6.81. The minimum absolute atomic E-state index is 0.0303. The third-order valence-electron chi connectivity index (χ3n) is 3.69.